The van der Waals surface area contributed by atoms with Gasteiger partial charge in [-0.25, -0.2) is 9.97 Å². The highest BCUT2D eigenvalue weighted by Gasteiger charge is 2.11. The summed E-state index contributed by atoms with van der Waals surface area (Å²) in [4.78, 5) is 20.1. The van der Waals surface area contributed by atoms with E-state index in [1.165, 1.54) is 0 Å². The quantitative estimate of drug-likeness (QED) is 0.640. The molecule has 0 bridgehead atoms. The van der Waals surface area contributed by atoms with Gasteiger partial charge in [-0.2, -0.15) is 0 Å². The number of aromatic nitrogens is 2. The molecule has 0 N–H and O–H groups in total. The van der Waals surface area contributed by atoms with Crippen LogP contribution < -0.4 is 0 Å². The molecule has 3 aromatic rings. The predicted octanol–water partition coefficient (Wildman–Crippen LogP) is 2.86. The molecule has 1 aromatic heterocycles. The highest BCUT2D eigenvalue weighted by molar-refractivity contribution is 6.08. The lowest BCUT2D eigenvalue weighted by Crippen LogP contribution is -2.06. The molecule has 0 amide bonds. The molecule has 1 heterocycles. The minimum Gasteiger partial charge on any atom is -0.285 e. The van der Waals surface area contributed by atoms with Gasteiger partial charge in [0.05, 0.1) is 0 Å². The van der Waals surface area contributed by atoms with Gasteiger partial charge in [0.15, 0.2) is 0 Å². The van der Waals surface area contributed by atoms with Crippen molar-refractivity contribution in [1.82, 2.24) is 9.97 Å². The molecule has 0 radical (unpaired) electrons. The van der Waals surface area contributed by atoms with E-state index in [1.807, 2.05) is 36.4 Å². The third kappa shape index (κ3) is 1.86. The van der Waals surface area contributed by atoms with E-state index in [0.29, 0.717) is 5.56 Å². The smallest absolute Gasteiger partial charge is 0.230 e. The van der Waals surface area contributed by atoms with Gasteiger partial charge in [-0.05, 0) is 22.9 Å². The van der Waals surface area contributed by atoms with Gasteiger partial charge in [0.2, 0.25) is 11.6 Å². The van der Waals surface area contributed by atoms with Crippen LogP contribution in [0.5, 0.6) is 0 Å². The molecule has 86 valence electrons. The number of nitrogens with zero attached hydrogens (tertiary/aromatic N) is 2. The second-order valence-electron chi connectivity index (χ2n) is 3.96. The van der Waals surface area contributed by atoms with E-state index < -0.39 is 0 Å². The number of benzene rings is 2. The van der Waals surface area contributed by atoms with Gasteiger partial charge >= 0.3 is 0 Å². The number of ketones is 1. The third-order valence-electron chi connectivity index (χ3n) is 2.78. The van der Waals surface area contributed by atoms with E-state index in [0.717, 1.165) is 10.8 Å². The Morgan fingerprint density at radius 2 is 1.56 bits per heavy atom. The van der Waals surface area contributed by atoms with Crippen LogP contribution in [0.1, 0.15) is 16.2 Å². The van der Waals surface area contributed by atoms with Crippen molar-refractivity contribution in [3.63, 3.8) is 0 Å². The Morgan fingerprint density at radius 3 is 2.33 bits per heavy atom. The Labute approximate surface area is 104 Å². The SMILES string of the molecule is O=C(c1ccc2ccccc2c1)c1ncccn1. The summed E-state index contributed by atoms with van der Waals surface area (Å²) in [5.74, 6) is 0.0779. The lowest BCUT2D eigenvalue weighted by molar-refractivity contribution is 0.102. The normalized spacial score (nSPS) is 10.4. The average Bonchev–Trinajstić information content (AvgIpc) is 2.47. The monoisotopic (exact) mass is 234 g/mol. The number of fused-ring (bicyclic) bond motifs is 1. The van der Waals surface area contributed by atoms with E-state index in [9.17, 15) is 4.79 Å². The molecule has 3 rings (SSSR count). The topological polar surface area (TPSA) is 42.9 Å². The summed E-state index contributed by atoms with van der Waals surface area (Å²) in [5.41, 5.74) is 0.611. The van der Waals surface area contributed by atoms with Crippen molar-refractivity contribution < 1.29 is 4.79 Å². The van der Waals surface area contributed by atoms with Crippen molar-refractivity contribution in [2.24, 2.45) is 0 Å². The van der Waals surface area contributed by atoms with Crippen molar-refractivity contribution in [2.45, 2.75) is 0 Å². The van der Waals surface area contributed by atoms with Gasteiger partial charge in [0.1, 0.15) is 0 Å². The Balaban J connectivity index is 2.07. The first-order valence-corrected chi connectivity index (χ1v) is 5.65. The fourth-order valence-electron chi connectivity index (χ4n) is 1.88. The average molecular weight is 234 g/mol. The maximum Gasteiger partial charge on any atom is 0.230 e. The van der Waals surface area contributed by atoms with Crippen LogP contribution in [0.3, 0.4) is 0 Å². The van der Waals surface area contributed by atoms with Crippen LogP contribution in [-0.4, -0.2) is 15.8 Å². The molecule has 0 aliphatic heterocycles. The zero-order chi connectivity index (χ0) is 12.4. The molecule has 0 aliphatic carbocycles. The number of rotatable bonds is 2. The van der Waals surface area contributed by atoms with Crippen molar-refractivity contribution in [3.8, 4) is 0 Å². The minimum atomic E-state index is -0.152. The zero-order valence-corrected chi connectivity index (χ0v) is 9.58. The highest BCUT2D eigenvalue weighted by Crippen LogP contribution is 2.16. The predicted molar refractivity (Wildman–Crippen MR) is 69.4 cm³/mol. The van der Waals surface area contributed by atoms with Crippen LogP contribution in [-0.2, 0) is 0 Å². The Morgan fingerprint density at radius 1 is 0.833 bits per heavy atom. The number of hydrogen-bond donors (Lipinski definition) is 0. The molecule has 0 atom stereocenters. The van der Waals surface area contributed by atoms with E-state index in [-0.39, 0.29) is 11.6 Å². The molecule has 0 fully saturated rings. The summed E-state index contributed by atoms with van der Waals surface area (Å²) in [6.07, 6.45) is 3.14. The first kappa shape index (κ1) is 10.6. The fourth-order valence-corrected chi connectivity index (χ4v) is 1.88. The van der Waals surface area contributed by atoms with Crippen molar-refractivity contribution in [1.29, 1.82) is 0 Å². The summed E-state index contributed by atoms with van der Waals surface area (Å²) in [6, 6.07) is 15.2. The number of carbonyl (C=O) groups excluding carboxylic acids is 1. The molecule has 0 spiro atoms. The number of carbonyl (C=O) groups is 1. The molecule has 0 saturated carbocycles. The van der Waals surface area contributed by atoms with Crippen LogP contribution in [0.25, 0.3) is 10.8 Å². The van der Waals surface area contributed by atoms with Crippen LogP contribution in [0.4, 0.5) is 0 Å². The Bertz CT molecular complexity index is 708. The van der Waals surface area contributed by atoms with E-state index in [4.69, 9.17) is 0 Å². The van der Waals surface area contributed by atoms with Gasteiger partial charge < -0.3 is 0 Å². The third-order valence-corrected chi connectivity index (χ3v) is 2.78. The van der Waals surface area contributed by atoms with Crippen LogP contribution >= 0.6 is 0 Å². The maximum atomic E-state index is 12.2. The summed E-state index contributed by atoms with van der Waals surface area (Å²) in [6.45, 7) is 0. The highest BCUT2D eigenvalue weighted by atomic mass is 16.1. The van der Waals surface area contributed by atoms with Crippen LogP contribution in [0.2, 0.25) is 0 Å². The molecule has 0 unspecified atom stereocenters. The molecule has 3 nitrogen and oxygen atoms in total. The second-order valence-corrected chi connectivity index (χ2v) is 3.96. The van der Waals surface area contributed by atoms with Crippen LogP contribution in [0.15, 0.2) is 60.9 Å². The summed E-state index contributed by atoms with van der Waals surface area (Å²) in [7, 11) is 0. The summed E-state index contributed by atoms with van der Waals surface area (Å²) < 4.78 is 0. The minimum absolute atomic E-state index is 0.152. The standard InChI is InChI=1S/C15H10N2O/c18-14(15-16-8-3-9-17-15)13-7-6-11-4-1-2-5-12(11)10-13/h1-10H. The van der Waals surface area contributed by atoms with Crippen molar-refractivity contribution in [3.05, 3.63) is 72.3 Å². The molecular formula is C15H10N2O. The maximum absolute atomic E-state index is 12.2. The van der Waals surface area contributed by atoms with Crippen LogP contribution in [0, 0.1) is 0 Å². The summed E-state index contributed by atoms with van der Waals surface area (Å²) >= 11 is 0. The van der Waals surface area contributed by atoms with Crippen molar-refractivity contribution >= 4 is 16.6 Å². The van der Waals surface area contributed by atoms with E-state index in [1.54, 1.807) is 24.5 Å². The molecule has 18 heavy (non-hydrogen) atoms. The summed E-state index contributed by atoms with van der Waals surface area (Å²) in [5, 5.41) is 2.15. The zero-order valence-electron chi connectivity index (χ0n) is 9.58. The number of hydrogen-bond acceptors (Lipinski definition) is 3. The molecule has 2 aromatic carbocycles. The molecule has 0 aliphatic rings. The van der Waals surface area contributed by atoms with Gasteiger partial charge in [-0.15, -0.1) is 0 Å². The molecular weight excluding hydrogens is 224 g/mol. The fraction of sp³-hybridized carbons (Fsp3) is 0. The first-order valence-electron chi connectivity index (χ1n) is 5.65. The lowest BCUT2D eigenvalue weighted by atomic mass is 10.0. The van der Waals surface area contributed by atoms with E-state index in [2.05, 4.69) is 9.97 Å². The Kier molecular flexibility index (Phi) is 2.57. The van der Waals surface area contributed by atoms with Gasteiger partial charge in [0, 0.05) is 18.0 Å². The first-order chi connectivity index (χ1) is 8.84. The molecule has 0 saturated heterocycles. The van der Waals surface area contributed by atoms with Gasteiger partial charge in [-0.3, -0.25) is 4.79 Å². The second kappa shape index (κ2) is 4.37. The van der Waals surface area contributed by atoms with Gasteiger partial charge in [0.25, 0.3) is 0 Å². The molecule has 3 heteroatoms. The van der Waals surface area contributed by atoms with E-state index >= 15 is 0 Å². The Hall–Kier alpha value is -2.55. The van der Waals surface area contributed by atoms with Crippen molar-refractivity contribution in [2.75, 3.05) is 0 Å². The van der Waals surface area contributed by atoms with Gasteiger partial charge in [-0.1, -0.05) is 36.4 Å². The lowest BCUT2D eigenvalue weighted by Gasteiger charge is -2.02. The largest absolute Gasteiger partial charge is 0.285 e.